The van der Waals surface area contributed by atoms with Gasteiger partial charge in [0.2, 0.25) is 11.5 Å². The van der Waals surface area contributed by atoms with Crippen LogP contribution in [0.4, 0.5) is 25.0 Å². The molecule has 2 saturated heterocycles. The molecule has 6 nitrogen and oxygen atoms in total. The van der Waals surface area contributed by atoms with E-state index in [4.69, 9.17) is 4.42 Å². The Morgan fingerprint density at radius 3 is 2.31 bits per heavy atom. The van der Waals surface area contributed by atoms with Crippen LogP contribution < -0.4 is 9.80 Å². The first-order chi connectivity index (χ1) is 17.4. The lowest BCUT2D eigenvalue weighted by atomic mass is 9.89. The minimum absolute atomic E-state index is 0.127. The maximum Gasteiger partial charge on any atom is 0.437 e. The highest BCUT2D eigenvalue weighted by Gasteiger charge is 2.41. The summed E-state index contributed by atoms with van der Waals surface area (Å²) in [6.07, 6.45) is 1.34. The van der Waals surface area contributed by atoms with E-state index in [0.717, 1.165) is 51.0 Å². The molecule has 5 rings (SSSR count). The van der Waals surface area contributed by atoms with E-state index in [1.165, 1.54) is 5.56 Å². The summed E-state index contributed by atoms with van der Waals surface area (Å²) in [6.45, 7) is 2.88. The van der Waals surface area contributed by atoms with Crippen LogP contribution in [-0.4, -0.2) is 41.9 Å². The molecule has 0 N–H and O–H groups in total. The van der Waals surface area contributed by atoms with Crippen molar-refractivity contribution in [3.63, 3.8) is 0 Å². The Kier molecular flexibility index (Phi) is 6.98. The van der Waals surface area contributed by atoms with Crippen LogP contribution in [0.1, 0.15) is 65.4 Å². The molecular formula is C27H29F3N4O2. The van der Waals surface area contributed by atoms with Crippen LogP contribution in [-0.2, 0) is 12.6 Å². The number of aromatic nitrogens is 2. The van der Waals surface area contributed by atoms with E-state index < -0.39 is 23.4 Å². The molecule has 9 heteroatoms. The molecule has 0 spiro atoms. The molecular weight excluding hydrogens is 469 g/mol. The zero-order valence-electron chi connectivity index (χ0n) is 20.0. The van der Waals surface area contributed by atoms with Crippen LogP contribution in [0.3, 0.4) is 0 Å². The predicted molar refractivity (Wildman–Crippen MR) is 130 cm³/mol. The summed E-state index contributed by atoms with van der Waals surface area (Å²) < 4.78 is 46.2. The van der Waals surface area contributed by atoms with Crippen molar-refractivity contribution in [1.82, 2.24) is 9.97 Å². The number of hydrogen-bond acceptors (Lipinski definition) is 6. The van der Waals surface area contributed by atoms with E-state index in [1.807, 2.05) is 12.1 Å². The first kappa shape index (κ1) is 24.3. The van der Waals surface area contributed by atoms with Crippen molar-refractivity contribution in [3.8, 4) is 0 Å². The smallest absolute Gasteiger partial charge is 0.420 e. The molecule has 0 bridgehead atoms. The maximum atomic E-state index is 13.6. The first-order valence-electron chi connectivity index (χ1n) is 12.5. The van der Waals surface area contributed by atoms with Gasteiger partial charge in [-0.2, -0.15) is 18.2 Å². The van der Waals surface area contributed by atoms with E-state index >= 15 is 0 Å². The Hall–Kier alpha value is -3.36. The number of oxazole rings is 1. The molecule has 2 aromatic heterocycles. The minimum Gasteiger partial charge on any atom is -0.420 e. The van der Waals surface area contributed by atoms with Crippen LogP contribution in [0.2, 0.25) is 0 Å². The Labute approximate surface area is 208 Å². The summed E-state index contributed by atoms with van der Waals surface area (Å²) >= 11 is 0. The quantitative estimate of drug-likeness (QED) is 0.395. The number of alkyl halides is 3. The van der Waals surface area contributed by atoms with Crippen LogP contribution >= 0.6 is 0 Å². The monoisotopic (exact) mass is 498 g/mol. The SMILES string of the molecule is O=C(Cc1ccc(N2CCC(c3ccccc3)CC2)nc1)c1oc(N2CCCCC2)nc1C(F)(F)F. The summed E-state index contributed by atoms with van der Waals surface area (Å²) in [5.74, 6) is -0.147. The van der Waals surface area contributed by atoms with Gasteiger partial charge in [0.1, 0.15) is 5.82 Å². The van der Waals surface area contributed by atoms with Gasteiger partial charge in [-0.05, 0) is 55.2 Å². The van der Waals surface area contributed by atoms with Crippen LogP contribution in [0.25, 0.3) is 0 Å². The van der Waals surface area contributed by atoms with Gasteiger partial charge in [-0.3, -0.25) is 4.79 Å². The number of benzene rings is 1. The second-order valence-corrected chi connectivity index (χ2v) is 9.52. The molecule has 0 aliphatic carbocycles. The number of Topliss-reactive ketones (excluding diaryl/α,β-unsaturated/α-hetero) is 1. The zero-order chi connectivity index (χ0) is 25.1. The van der Waals surface area contributed by atoms with Crippen LogP contribution in [0.5, 0.6) is 0 Å². The average molecular weight is 499 g/mol. The number of carbonyl (C=O) groups excluding carboxylic acids is 1. The van der Waals surface area contributed by atoms with Crippen molar-refractivity contribution in [3.05, 3.63) is 71.2 Å². The number of hydrogen-bond donors (Lipinski definition) is 0. The van der Waals surface area contributed by atoms with E-state index in [-0.39, 0.29) is 12.4 Å². The van der Waals surface area contributed by atoms with Gasteiger partial charge in [-0.1, -0.05) is 36.4 Å². The van der Waals surface area contributed by atoms with Gasteiger partial charge < -0.3 is 14.2 Å². The number of piperidine rings is 2. The normalized spacial score (nSPS) is 17.4. The molecule has 0 radical (unpaired) electrons. The molecule has 0 unspecified atom stereocenters. The Morgan fingerprint density at radius 1 is 0.944 bits per heavy atom. The maximum absolute atomic E-state index is 13.6. The fraction of sp³-hybridized carbons (Fsp3) is 0.444. The lowest BCUT2D eigenvalue weighted by molar-refractivity contribution is -0.141. The number of nitrogens with zero attached hydrogens (tertiary/aromatic N) is 4. The van der Waals surface area contributed by atoms with Crippen molar-refractivity contribution in [1.29, 1.82) is 0 Å². The van der Waals surface area contributed by atoms with Crippen LogP contribution in [0.15, 0.2) is 53.1 Å². The molecule has 190 valence electrons. The molecule has 36 heavy (non-hydrogen) atoms. The zero-order valence-corrected chi connectivity index (χ0v) is 20.0. The van der Waals surface area contributed by atoms with Crippen molar-refractivity contribution in [2.24, 2.45) is 0 Å². The number of anilines is 2. The molecule has 0 saturated carbocycles. The average Bonchev–Trinajstić information content (AvgIpc) is 3.37. The van der Waals surface area contributed by atoms with Gasteiger partial charge in [0.25, 0.3) is 6.01 Å². The van der Waals surface area contributed by atoms with Crippen molar-refractivity contribution in [2.75, 3.05) is 36.0 Å². The van der Waals surface area contributed by atoms with E-state index in [9.17, 15) is 18.0 Å². The number of rotatable bonds is 6. The van der Waals surface area contributed by atoms with Gasteiger partial charge in [-0.15, -0.1) is 0 Å². The summed E-state index contributed by atoms with van der Waals surface area (Å²) in [6, 6.07) is 13.9. The summed E-state index contributed by atoms with van der Waals surface area (Å²) in [5.41, 5.74) is 0.638. The van der Waals surface area contributed by atoms with Crippen molar-refractivity contribution < 1.29 is 22.4 Å². The molecule has 4 heterocycles. The Morgan fingerprint density at radius 2 is 1.67 bits per heavy atom. The first-order valence-corrected chi connectivity index (χ1v) is 12.5. The fourth-order valence-corrected chi connectivity index (χ4v) is 5.05. The molecule has 2 aliphatic rings. The third-order valence-electron chi connectivity index (χ3n) is 7.03. The standard InChI is InChI=1S/C27H29F3N4O2/c28-27(29,30)25-24(36-26(32-25)34-13-5-2-6-14-34)22(35)17-19-9-10-23(31-18-19)33-15-11-21(12-16-33)20-7-3-1-4-8-20/h1,3-4,7-10,18,21H,2,5-6,11-17H2. The number of halogens is 3. The van der Waals surface area contributed by atoms with E-state index in [0.29, 0.717) is 24.6 Å². The topological polar surface area (TPSA) is 62.5 Å². The minimum atomic E-state index is -4.77. The summed E-state index contributed by atoms with van der Waals surface area (Å²) in [7, 11) is 0. The lowest BCUT2D eigenvalue weighted by Crippen LogP contribution is -2.33. The second-order valence-electron chi connectivity index (χ2n) is 9.52. The van der Waals surface area contributed by atoms with Gasteiger partial charge in [0, 0.05) is 38.8 Å². The van der Waals surface area contributed by atoms with Crippen molar-refractivity contribution in [2.45, 2.75) is 50.6 Å². The van der Waals surface area contributed by atoms with Gasteiger partial charge in [0.15, 0.2) is 5.69 Å². The molecule has 1 aromatic carbocycles. The fourth-order valence-electron chi connectivity index (χ4n) is 5.05. The van der Waals surface area contributed by atoms with Gasteiger partial charge in [0.05, 0.1) is 0 Å². The third kappa shape index (κ3) is 5.39. The highest BCUT2D eigenvalue weighted by Crippen LogP contribution is 2.35. The van der Waals surface area contributed by atoms with Gasteiger partial charge >= 0.3 is 6.18 Å². The molecule has 0 atom stereocenters. The van der Waals surface area contributed by atoms with E-state index in [2.05, 4.69) is 39.1 Å². The third-order valence-corrected chi connectivity index (χ3v) is 7.03. The van der Waals surface area contributed by atoms with Gasteiger partial charge in [-0.25, -0.2) is 4.98 Å². The lowest BCUT2D eigenvalue weighted by Gasteiger charge is -2.33. The highest BCUT2D eigenvalue weighted by atomic mass is 19.4. The van der Waals surface area contributed by atoms with Crippen LogP contribution in [0, 0.1) is 0 Å². The van der Waals surface area contributed by atoms with E-state index in [1.54, 1.807) is 17.2 Å². The Bertz CT molecular complexity index is 1160. The largest absolute Gasteiger partial charge is 0.437 e. The Balaban J connectivity index is 1.24. The number of pyridine rings is 1. The summed E-state index contributed by atoms with van der Waals surface area (Å²) in [5, 5.41) is 0. The predicted octanol–water partition coefficient (Wildman–Crippen LogP) is 5.89. The molecule has 3 aromatic rings. The highest BCUT2D eigenvalue weighted by molar-refractivity contribution is 5.96. The molecule has 0 amide bonds. The molecule has 2 aliphatic heterocycles. The number of ketones is 1. The van der Waals surface area contributed by atoms with Crippen molar-refractivity contribution >= 4 is 17.6 Å². The second kappa shape index (κ2) is 10.3. The number of carbonyl (C=O) groups is 1. The molecule has 2 fully saturated rings. The summed E-state index contributed by atoms with van der Waals surface area (Å²) in [4.78, 5) is 24.9.